The molecule has 1 heterocycles. The van der Waals surface area contributed by atoms with E-state index in [0.29, 0.717) is 12.1 Å². The third-order valence-electron chi connectivity index (χ3n) is 2.34. The summed E-state index contributed by atoms with van der Waals surface area (Å²) in [5.74, 6) is 0. The van der Waals surface area contributed by atoms with E-state index in [1.54, 1.807) is 12.1 Å². The molecular weight excluding hydrogens is 205 g/mol. The van der Waals surface area contributed by atoms with Gasteiger partial charge in [0.1, 0.15) is 0 Å². The number of rotatable bonds is 1. The molecule has 0 amide bonds. The minimum absolute atomic E-state index is 0.491. The molecule has 76 valence electrons. The van der Waals surface area contributed by atoms with Crippen LogP contribution in [0.25, 0.3) is 0 Å². The van der Waals surface area contributed by atoms with Crippen LogP contribution in [0.2, 0.25) is 0 Å². The molecule has 1 aromatic rings. The predicted octanol–water partition coefficient (Wildman–Crippen LogP) is 1.13. The van der Waals surface area contributed by atoms with Crippen molar-refractivity contribution in [2.75, 3.05) is 6.54 Å². The minimum atomic E-state index is -4.55. The number of nitrogens with one attached hydrogen (secondary N) is 1. The van der Waals surface area contributed by atoms with Crippen molar-refractivity contribution in [3.05, 3.63) is 35.4 Å². The van der Waals surface area contributed by atoms with E-state index >= 15 is 0 Å². The number of hydrogen-bond donors (Lipinski definition) is 1. The van der Waals surface area contributed by atoms with Crippen molar-refractivity contribution in [3.63, 3.8) is 0 Å². The number of fused-ring (bicyclic) bond motifs is 1. The number of halogens is 1. The van der Waals surface area contributed by atoms with Gasteiger partial charge in [-0.15, -0.1) is 3.89 Å². The van der Waals surface area contributed by atoms with Crippen LogP contribution in [-0.4, -0.2) is 15.0 Å². The fourth-order valence-electron chi connectivity index (χ4n) is 1.72. The molecule has 1 unspecified atom stereocenters. The maximum Gasteiger partial charge on any atom is 0.322 e. The maximum atomic E-state index is 12.9. The third kappa shape index (κ3) is 1.65. The Bertz CT molecular complexity index is 444. The molecule has 0 saturated heterocycles. The van der Waals surface area contributed by atoms with Crippen LogP contribution >= 0.6 is 0 Å². The fraction of sp³-hybridized carbons (Fsp3) is 0.333. The molecule has 5 heteroatoms. The molecule has 0 radical (unpaired) electrons. The Labute approximate surface area is 82.2 Å². The van der Waals surface area contributed by atoms with E-state index in [1.165, 1.54) is 0 Å². The Balaban J connectivity index is 2.51. The van der Waals surface area contributed by atoms with Crippen LogP contribution in [0.15, 0.2) is 24.3 Å². The second-order valence-electron chi connectivity index (χ2n) is 3.26. The van der Waals surface area contributed by atoms with Crippen LogP contribution in [-0.2, 0) is 16.6 Å². The Morgan fingerprint density at radius 1 is 1.36 bits per heavy atom. The standard InChI is InChI=1S/C9H10FNO2S/c10-14(12,13)9-8-4-2-1-3-7(8)5-6-11-9/h1-4,9,11H,5-6H2. The van der Waals surface area contributed by atoms with E-state index in [4.69, 9.17) is 0 Å². The lowest BCUT2D eigenvalue weighted by Gasteiger charge is -2.23. The van der Waals surface area contributed by atoms with Crippen LogP contribution in [0.1, 0.15) is 16.5 Å². The Hall–Kier alpha value is -0.940. The van der Waals surface area contributed by atoms with Crippen molar-refractivity contribution in [1.82, 2.24) is 5.32 Å². The van der Waals surface area contributed by atoms with Crippen molar-refractivity contribution in [2.45, 2.75) is 11.8 Å². The van der Waals surface area contributed by atoms with Crippen LogP contribution in [0.3, 0.4) is 0 Å². The molecule has 0 saturated carbocycles. The topological polar surface area (TPSA) is 46.2 Å². The lowest BCUT2D eigenvalue weighted by atomic mass is 10.0. The summed E-state index contributed by atoms with van der Waals surface area (Å²) < 4.78 is 34.5. The van der Waals surface area contributed by atoms with E-state index in [9.17, 15) is 12.3 Å². The summed E-state index contributed by atoms with van der Waals surface area (Å²) in [5.41, 5.74) is 1.43. The molecule has 0 spiro atoms. The van der Waals surface area contributed by atoms with Gasteiger partial charge in [-0.3, -0.25) is 5.32 Å². The first kappa shape index (κ1) is 9.61. The molecule has 1 aliphatic rings. The van der Waals surface area contributed by atoms with Gasteiger partial charge in [0, 0.05) is 6.54 Å². The van der Waals surface area contributed by atoms with Crippen molar-refractivity contribution in [1.29, 1.82) is 0 Å². The molecule has 0 aliphatic carbocycles. The van der Waals surface area contributed by atoms with Crippen LogP contribution < -0.4 is 5.32 Å². The smallest absolute Gasteiger partial charge is 0.295 e. The van der Waals surface area contributed by atoms with Crippen LogP contribution in [0, 0.1) is 0 Å². The molecule has 14 heavy (non-hydrogen) atoms. The highest BCUT2D eigenvalue weighted by Crippen LogP contribution is 2.27. The largest absolute Gasteiger partial charge is 0.322 e. The third-order valence-corrected chi connectivity index (χ3v) is 3.33. The molecule has 1 N–H and O–H groups in total. The van der Waals surface area contributed by atoms with Gasteiger partial charge in [-0.05, 0) is 17.5 Å². The Kier molecular flexibility index (Phi) is 2.28. The zero-order valence-electron chi connectivity index (χ0n) is 7.40. The van der Waals surface area contributed by atoms with Crippen LogP contribution in [0.5, 0.6) is 0 Å². The van der Waals surface area contributed by atoms with E-state index in [2.05, 4.69) is 5.32 Å². The summed E-state index contributed by atoms with van der Waals surface area (Å²) in [5, 5.41) is 1.46. The van der Waals surface area contributed by atoms with Crippen LogP contribution in [0.4, 0.5) is 3.89 Å². The van der Waals surface area contributed by atoms with Gasteiger partial charge < -0.3 is 0 Å². The van der Waals surface area contributed by atoms with Gasteiger partial charge in [-0.2, -0.15) is 8.42 Å². The molecular formula is C9H10FNO2S. The highest BCUT2D eigenvalue weighted by atomic mass is 32.3. The summed E-state index contributed by atoms with van der Waals surface area (Å²) in [4.78, 5) is 0. The lowest BCUT2D eigenvalue weighted by molar-refractivity contribution is 0.503. The summed E-state index contributed by atoms with van der Waals surface area (Å²) in [7, 11) is -4.55. The maximum absolute atomic E-state index is 12.9. The fourth-order valence-corrected chi connectivity index (χ4v) is 2.57. The van der Waals surface area contributed by atoms with E-state index < -0.39 is 15.6 Å². The van der Waals surface area contributed by atoms with Crippen molar-refractivity contribution in [3.8, 4) is 0 Å². The minimum Gasteiger partial charge on any atom is -0.295 e. The number of benzene rings is 1. The van der Waals surface area contributed by atoms with Crippen molar-refractivity contribution < 1.29 is 12.3 Å². The highest BCUT2D eigenvalue weighted by Gasteiger charge is 2.30. The van der Waals surface area contributed by atoms with Gasteiger partial charge in [0.2, 0.25) is 0 Å². The summed E-state index contributed by atoms with van der Waals surface area (Å²) in [6.07, 6.45) is 0.738. The second kappa shape index (κ2) is 3.33. The Morgan fingerprint density at radius 2 is 2.07 bits per heavy atom. The molecule has 1 aromatic carbocycles. The number of hydrogen-bond acceptors (Lipinski definition) is 3. The van der Waals surface area contributed by atoms with Crippen molar-refractivity contribution >= 4 is 10.2 Å². The second-order valence-corrected chi connectivity index (χ2v) is 4.68. The molecule has 2 rings (SSSR count). The normalized spacial score (nSPS) is 21.6. The zero-order valence-corrected chi connectivity index (χ0v) is 8.22. The first-order valence-electron chi connectivity index (χ1n) is 4.34. The van der Waals surface area contributed by atoms with Gasteiger partial charge in [0.05, 0.1) is 0 Å². The quantitative estimate of drug-likeness (QED) is 0.714. The van der Waals surface area contributed by atoms with Gasteiger partial charge in [-0.25, -0.2) is 0 Å². The average Bonchev–Trinajstić information content (AvgIpc) is 2.15. The van der Waals surface area contributed by atoms with Gasteiger partial charge >= 0.3 is 10.2 Å². The lowest BCUT2D eigenvalue weighted by Crippen LogP contribution is -2.33. The first-order valence-corrected chi connectivity index (χ1v) is 5.78. The van der Waals surface area contributed by atoms with Gasteiger partial charge in [-0.1, -0.05) is 24.3 Å². The molecule has 0 fully saturated rings. The highest BCUT2D eigenvalue weighted by molar-refractivity contribution is 7.86. The molecule has 0 bridgehead atoms. The predicted molar refractivity (Wildman–Crippen MR) is 50.9 cm³/mol. The van der Waals surface area contributed by atoms with E-state index in [0.717, 1.165) is 12.0 Å². The van der Waals surface area contributed by atoms with Gasteiger partial charge in [0.15, 0.2) is 5.37 Å². The summed E-state index contributed by atoms with van der Waals surface area (Å²) >= 11 is 0. The first-order chi connectivity index (χ1) is 6.59. The molecule has 1 atom stereocenters. The monoisotopic (exact) mass is 215 g/mol. The average molecular weight is 215 g/mol. The van der Waals surface area contributed by atoms with Gasteiger partial charge in [0.25, 0.3) is 0 Å². The summed E-state index contributed by atoms with van der Waals surface area (Å²) in [6, 6.07) is 7.01. The molecule has 1 aliphatic heterocycles. The molecule has 3 nitrogen and oxygen atoms in total. The zero-order chi connectivity index (χ0) is 10.2. The summed E-state index contributed by atoms with van der Waals surface area (Å²) in [6.45, 7) is 0.491. The van der Waals surface area contributed by atoms with E-state index in [-0.39, 0.29) is 0 Å². The SMILES string of the molecule is O=S(=O)(F)C1NCCc2ccccc21. The van der Waals surface area contributed by atoms with Crippen molar-refractivity contribution in [2.24, 2.45) is 0 Å². The molecule has 0 aromatic heterocycles. The Morgan fingerprint density at radius 3 is 2.79 bits per heavy atom. The van der Waals surface area contributed by atoms with E-state index in [1.807, 2.05) is 12.1 Å².